The highest BCUT2D eigenvalue weighted by molar-refractivity contribution is 5.88. The van der Waals surface area contributed by atoms with Gasteiger partial charge in [-0.25, -0.2) is 8.78 Å². The van der Waals surface area contributed by atoms with Crippen molar-refractivity contribution in [2.45, 2.75) is 44.7 Å². The SMILES string of the molecule is COc1cc(C)c2[nH]ccc2c1CN1CC[C@]2(C[C@H]1c1ccc(OC=O)cc1)CC2(F)F. The number of carbonyl (C=O) groups is 1. The van der Waals surface area contributed by atoms with Gasteiger partial charge in [0.1, 0.15) is 11.5 Å². The van der Waals surface area contributed by atoms with Crippen LogP contribution in [0.4, 0.5) is 8.78 Å². The van der Waals surface area contributed by atoms with Gasteiger partial charge in [0.05, 0.1) is 7.11 Å². The van der Waals surface area contributed by atoms with Crippen LogP contribution in [-0.2, 0) is 11.3 Å². The topological polar surface area (TPSA) is 54.6 Å². The van der Waals surface area contributed by atoms with Crippen LogP contribution in [0.2, 0.25) is 0 Å². The fourth-order valence-electron chi connectivity index (χ4n) is 5.31. The minimum absolute atomic E-state index is 0.0351. The molecule has 2 heterocycles. The minimum atomic E-state index is -2.59. The van der Waals surface area contributed by atoms with Gasteiger partial charge in [0, 0.05) is 47.1 Å². The van der Waals surface area contributed by atoms with Crippen molar-refractivity contribution in [3.8, 4) is 11.5 Å². The van der Waals surface area contributed by atoms with E-state index in [2.05, 4.69) is 9.88 Å². The number of methoxy groups -OCH3 is 1. The van der Waals surface area contributed by atoms with Gasteiger partial charge in [0.2, 0.25) is 0 Å². The number of nitrogens with one attached hydrogen (secondary N) is 1. The van der Waals surface area contributed by atoms with E-state index < -0.39 is 11.3 Å². The van der Waals surface area contributed by atoms with E-state index in [-0.39, 0.29) is 12.5 Å². The molecule has 168 valence electrons. The van der Waals surface area contributed by atoms with Crippen LogP contribution in [0.1, 0.15) is 42.0 Å². The molecule has 1 aromatic heterocycles. The molecule has 0 unspecified atom stereocenters. The highest BCUT2D eigenvalue weighted by Crippen LogP contribution is 2.68. The number of fused-ring (bicyclic) bond motifs is 1. The Kier molecular flexibility index (Phi) is 4.97. The lowest BCUT2D eigenvalue weighted by Gasteiger charge is -2.40. The van der Waals surface area contributed by atoms with Crippen LogP contribution in [0.15, 0.2) is 42.6 Å². The first-order valence-electron chi connectivity index (χ1n) is 10.8. The van der Waals surface area contributed by atoms with Crippen LogP contribution in [-0.4, -0.2) is 35.9 Å². The monoisotopic (exact) mass is 440 g/mol. The van der Waals surface area contributed by atoms with Gasteiger partial charge in [-0.1, -0.05) is 12.1 Å². The maximum atomic E-state index is 14.3. The second kappa shape index (κ2) is 7.59. The Balaban J connectivity index is 1.51. The Labute approximate surface area is 185 Å². The molecule has 3 aromatic rings. The molecule has 7 heteroatoms. The molecule has 2 aromatic carbocycles. The number of halogens is 2. The predicted octanol–water partition coefficient (Wildman–Crippen LogP) is 5.38. The van der Waals surface area contributed by atoms with Crippen LogP contribution >= 0.6 is 0 Å². The fourth-order valence-corrected chi connectivity index (χ4v) is 5.31. The zero-order valence-corrected chi connectivity index (χ0v) is 18.2. The Bertz CT molecular complexity index is 1160. The summed E-state index contributed by atoms with van der Waals surface area (Å²) in [7, 11) is 1.66. The normalized spacial score (nSPS) is 24.6. The largest absolute Gasteiger partial charge is 0.496 e. The molecule has 1 N–H and O–H groups in total. The third kappa shape index (κ3) is 3.35. The zero-order valence-electron chi connectivity index (χ0n) is 18.2. The molecule has 0 radical (unpaired) electrons. The van der Waals surface area contributed by atoms with Crippen molar-refractivity contribution in [2.24, 2.45) is 5.41 Å². The molecule has 1 spiro atoms. The van der Waals surface area contributed by atoms with E-state index >= 15 is 0 Å². The first-order valence-corrected chi connectivity index (χ1v) is 10.8. The lowest BCUT2D eigenvalue weighted by molar-refractivity contribution is -0.120. The van der Waals surface area contributed by atoms with Crippen LogP contribution < -0.4 is 9.47 Å². The summed E-state index contributed by atoms with van der Waals surface area (Å²) in [6.07, 6.45) is 2.76. The molecule has 1 saturated carbocycles. The number of nitrogens with zero attached hydrogens (tertiary/aromatic N) is 1. The van der Waals surface area contributed by atoms with E-state index in [0.717, 1.165) is 33.3 Å². The summed E-state index contributed by atoms with van der Waals surface area (Å²) in [6, 6.07) is 11.1. The average Bonchev–Trinajstić information content (AvgIpc) is 3.10. The second-order valence-electron chi connectivity index (χ2n) is 9.03. The fraction of sp³-hybridized carbons (Fsp3) is 0.400. The quantitative estimate of drug-likeness (QED) is 0.523. The van der Waals surface area contributed by atoms with Crippen molar-refractivity contribution in [2.75, 3.05) is 13.7 Å². The first kappa shape index (κ1) is 20.9. The Hall–Kier alpha value is -2.93. The van der Waals surface area contributed by atoms with Crippen LogP contribution in [0.3, 0.4) is 0 Å². The number of aromatic amines is 1. The van der Waals surface area contributed by atoms with E-state index in [9.17, 15) is 13.6 Å². The molecule has 0 amide bonds. The average molecular weight is 440 g/mol. The van der Waals surface area contributed by atoms with Crippen molar-refractivity contribution in [3.63, 3.8) is 0 Å². The van der Waals surface area contributed by atoms with Crippen molar-refractivity contribution < 1.29 is 23.0 Å². The molecule has 1 aliphatic carbocycles. The molecular weight excluding hydrogens is 414 g/mol. The maximum Gasteiger partial charge on any atom is 0.298 e. The summed E-state index contributed by atoms with van der Waals surface area (Å²) < 4.78 is 39.2. The van der Waals surface area contributed by atoms with E-state index in [0.29, 0.717) is 38.2 Å². The molecule has 2 fully saturated rings. The number of hydrogen-bond acceptors (Lipinski definition) is 4. The van der Waals surface area contributed by atoms with Crippen molar-refractivity contribution >= 4 is 17.4 Å². The molecular formula is C25H26F2N2O3. The number of aryl methyl sites for hydroxylation is 1. The van der Waals surface area contributed by atoms with Gasteiger partial charge in [0.15, 0.2) is 0 Å². The first-order chi connectivity index (χ1) is 15.4. The molecule has 5 nitrogen and oxygen atoms in total. The van der Waals surface area contributed by atoms with Crippen molar-refractivity contribution in [1.29, 1.82) is 0 Å². The lowest BCUT2D eigenvalue weighted by Crippen LogP contribution is -2.39. The predicted molar refractivity (Wildman–Crippen MR) is 117 cm³/mol. The number of ether oxygens (including phenoxy) is 2. The summed E-state index contributed by atoms with van der Waals surface area (Å²) in [5.74, 6) is -1.35. The van der Waals surface area contributed by atoms with Gasteiger partial charge < -0.3 is 14.5 Å². The van der Waals surface area contributed by atoms with Crippen molar-refractivity contribution in [1.82, 2.24) is 9.88 Å². The van der Waals surface area contributed by atoms with E-state index in [1.807, 2.05) is 37.4 Å². The standard InChI is InChI=1S/C25H26F2N2O3/c1-16-11-22(31-2)20(19-7-9-28-23(16)19)13-29-10-8-24(14-25(24,26)27)12-21(29)17-3-5-18(6-4-17)32-15-30/h3-7,9,11,15,21,28H,8,10,12-14H2,1-2H3/t21-,24-/m0/s1. The molecule has 1 saturated heterocycles. The Morgan fingerprint density at radius 3 is 2.66 bits per heavy atom. The van der Waals surface area contributed by atoms with Gasteiger partial charge in [-0.2, -0.15) is 0 Å². The van der Waals surface area contributed by atoms with Crippen molar-refractivity contribution in [3.05, 3.63) is 59.3 Å². The highest BCUT2D eigenvalue weighted by Gasteiger charge is 2.71. The second-order valence-corrected chi connectivity index (χ2v) is 9.03. The van der Waals surface area contributed by atoms with Gasteiger partial charge in [-0.05, 0) is 61.7 Å². The number of carbonyl (C=O) groups excluding carboxylic acids is 1. The third-order valence-corrected chi connectivity index (χ3v) is 7.26. The summed E-state index contributed by atoms with van der Waals surface area (Å²) >= 11 is 0. The number of alkyl halides is 2. The number of piperidine rings is 1. The van der Waals surface area contributed by atoms with Gasteiger partial charge in [0.25, 0.3) is 12.4 Å². The smallest absolute Gasteiger partial charge is 0.298 e. The Morgan fingerprint density at radius 2 is 2.00 bits per heavy atom. The van der Waals surface area contributed by atoms with E-state index in [1.165, 1.54) is 0 Å². The summed E-state index contributed by atoms with van der Waals surface area (Å²) in [5, 5.41) is 1.09. The lowest BCUT2D eigenvalue weighted by atomic mass is 9.83. The third-order valence-electron chi connectivity index (χ3n) is 7.26. The van der Waals surface area contributed by atoms with Crippen LogP contribution in [0.5, 0.6) is 11.5 Å². The summed E-state index contributed by atoms with van der Waals surface area (Å²) in [6.45, 7) is 3.59. The van der Waals surface area contributed by atoms with E-state index in [1.54, 1.807) is 19.2 Å². The van der Waals surface area contributed by atoms with E-state index in [4.69, 9.17) is 9.47 Å². The number of aromatic nitrogens is 1. The minimum Gasteiger partial charge on any atom is -0.496 e. The number of rotatable bonds is 6. The number of likely N-dealkylation sites (tertiary alicyclic amines) is 1. The molecule has 2 aliphatic rings. The Morgan fingerprint density at radius 1 is 1.25 bits per heavy atom. The van der Waals surface area contributed by atoms with Crippen LogP contribution in [0, 0.1) is 12.3 Å². The molecule has 0 bridgehead atoms. The maximum absolute atomic E-state index is 14.3. The highest BCUT2D eigenvalue weighted by atomic mass is 19.3. The number of hydrogen-bond donors (Lipinski definition) is 1. The zero-order chi connectivity index (χ0) is 22.5. The molecule has 2 atom stereocenters. The molecule has 1 aliphatic heterocycles. The number of benzene rings is 2. The molecule has 5 rings (SSSR count). The van der Waals surface area contributed by atoms with Crippen LogP contribution in [0.25, 0.3) is 10.9 Å². The molecule has 32 heavy (non-hydrogen) atoms. The number of H-pyrrole nitrogens is 1. The summed E-state index contributed by atoms with van der Waals surface area (Å²) in [4.78, 5) is 16.2. The van der Waals surface area contributed by atoms with Gasteiger partial charge >= 0.3 is 0 Å². The summed E-state index contributed by atoms with van der Waals surface area (Å²) in [5.41, 5.74) is 3.26. The van der Waals surface area contributed by atoms with Gasteiger partial charge in [-0.15, -0.1) is 0 Å². The van der Waals surface area contributed by atoms with Gasteiger partial charge in [-0.3, -0.25) is 9.69 Å².